The third-order valence-corrected chi connectivity index (χ3v) is 9.29. The van der Waals surface area contributed by atoms with E-state index in [-0.39, 0.29) is 45.7 Å². The van der Waals surface area contributed by atoms with Crippen molar-refractivity contribution in [2.45, 2.75) is 42.3 Å². The Kier molecular flexibility index (Phi) is 6.38. The number of fused-ring (bicyclic) bond motifs is 1. The lowest BCUT2D eigenvalue weighted by Crippen LogP contribution is -2.66. The van der Waals surface area contributed by atoms with Crippen LogP contribution in [-0.2, 0) is 26.0 Å². The average Bonchev–Trinajstić information content (AvgIpc) is 3.64. The van der Waals surface area contributed by atoms with Crippen LogP contribution in [0.25, 0.3) is 0 Å². The summed E-state index contributed by atoms with van der Waals surface area (Å²) in [5.74, 6) is -0.671. The van der Waals surface area contributed by atoms with Gasteiger partial charge in [0.1, 0.15) is 22.8 Å². The van der Waals surface area contributed by atoms with Crippen molar-refractivity contribution >= 4 is 61.0 Å². The smallest absolute Gasteiger partial charge is 0.267 e. The molecule has 5 rings (SSSR count). The summed E-state index contributed by atoms with van der Waals surface area (Å²) in [5.41, 5.74) is 6.96. The third kappa shape index (κ3) is 4.46. The first-order valence-electron chi connectivity index (χ1n) is 10.9. The van der Waals surface area contributed by atoms with Gasteiger partial charge in [0, 0.05) is 28.2 Å². The fourth-order valence-electron chi connectivity index (χ4n) is 4.36. The molecule has 0 spiro atoms. The van der Waals surface area contributed by atoms with Crippen molar-refractivity contribution in [2.75, 3.05) is 6.54 Å². The minimum atomic E-state index is -4.23. The summed E-state index contributed by atoms with van der Waals surface area (Å²) >= 11 is 15.6. The van der Waals surface area contributed by atoms with Gasteiger partial charge in [-0.15, -0.1) is 0 Å². The highest BCUT2D eigenvalue weighted by atomic mass is 79.9. The average molecular weight is 600 g/mol. The van der Waals surface area contributed by atoms with Gasteiger partial charge in [0.05, 0.1) is 11.6 Å². The number of amides is 2. The fraction of sp³-hybridized carbons (Fsp3) is 0.304. The monoisotopic (exact) mass is 598 g/mol. The molecule has 0 bridgehead atoms. The van der Waals surface area contributed by atoms with Crippen molar-refractivity contribution in [1.82, 2.24) is 14.1 Å². The molecule has 0 radical (unpaired) electrons. The van der Waals surface area contributed by atoms with Crippen LogP contribution in [0.15, 0.2) is 63.9 Å². The number of nitrogens with zero attached hydrogens (tertiary/aromatic N) is 3. The van der Waals surface area contributed by atoms with Gasteiger partial charge in [-0.2, -0.15) is 0 Å². The first kappa shape index (κ1) is 24.6. The SMILES string of the molecule is NC1CN(S(=O)(=O)c2ccc(Cl)cc2Cl)C2=CN(C3CC3)C(=O)C(Cc3ccc(Br)cc3)N2C1=O. The van der Waals surface area contributed by atoms with E-state index in [1.807, 2.05) is 24.3 Å². The van der Waals surface area contributed by atoms with Gasteiger partial charge in [0.15, 0.2) is 0 Å². The van der Waals surface area contributed by atoms with Gasteiger partial charge >= 0.3 is 0 Å². The minimum Gasteiger partial charge on any atom is -0.318 e. The highest BCUT2D eigenvalue weighted by molar-refractivity contribution is 9.10. The van der Waals surface area contributed by atoms with Crippen LogP contribution in [0.5, 0.6) is 0 Å². The molecule has 2 amide bonds. The van der Waals surface area contributed by atoms with Crippen molar-refractivity contribution in [1.29, 1.82) is 0 Å². The summed E-state index contributed by atoms with van der Waals surface area (Å²) < 4.78 is 29.5. The Hall–Kier alpha value is -2.11. The number of carbonyl (C=O) groups excluding carboxylic acids is 2. The molecular formula is C23H21BrCl2N4O4S. The number of sulfonamides is 1. The zero-order valence-electron chi connectivity index (χ0n) is 18.3. The summed E-state index contributed by atoms with van der Waals surface area (Å²) in [4.78, 5) is 29.5. The molecule has 2 atom stereocenters. The van der Waals surface area contributed by atoms with E-state index < -0.39 is 28.0 Å². The molecule has 3 aliphatic rings. The van der Waals surface area contributed by atoms with Crippen LogP contribution in [0, 0.1) is 0 Å². The number of nitrogens with two attached hydrogens (primary N) is 1. The van der Waals surface area contributed by atoms with Crippen LogP contribution >= 0.6 is 39.1 Å². The van der Waals surface area contributed by atoms with Crippen LogP contribution < -0.4 is 5.73 Å². The zero-order valence-corrected chi connectivity index (χ0v) is 22.2. The van der Waals surface area contributed by atoms with Gasteiger partial charge in [0.25, 0.3) is 10.0 Å². The Labute approximate surface area is 221 Å². The lowest BCUT2D eigenvalue weighted by Gasteiger charge is -2.47. The Bertz CT molecular complexity index is 1350. The largest absolute Gasteiger partial charge is 0.318 e. The van der Waals surface area contributed by atoms with E-state index in [0.29, 0.717) is 0 Å². The van der Waals surface area contributed by atoms with Crippen LogP contribution in [0.4, 0.5) is 0 Å². The maximum atomic E-state index is 13.8. The lowest BCUT2D eigenvalue weighted by atomic mass is 9.99. The second kappa shape index (κ2) is 9.08. The van der Waals surface area contributed by atoms with E-state index in [9.17, 15) is 18.0 Å². The molecular weight excluding hydrogens is 579 g/mol. The van der Waals surface area contributed by atoms with Crippen molar-refractivity contribution in [3.05, 3.63) is 74.6 Å². The molecule has 1 aliphatic carbocycles. The molecule has 2 fully saturated rings. The van der Waals surface area contributed by atoms with Gasteiger partial charge in [-0.3, -0.25) is 14.5 Å². The van der Waals surface area contributed by atoms with Gasteiger partial charge in [-0.1, -0.05) is 51.3 Å². The molecule has 2 aromatic carbocycles. The summed E-state index contributed by atoms with van der Waals surface area (Å²) in [7, 11) is -4.23. The number of benzene rings is 2. The number of hydrogen-bond acceptors (Lipinski definition) is 5. The molecule has 35 heavy (non-hydrogen) atoms. The van der Waals surface area contributed by atoms with Gasteiger partial charge in [-0.05, 0) is 48.7 Å². The zero-order chi connectivity index (χ0) is 25.1. The highest BCUT2D eigenvalue weighted by Crippen LogP contribution is 2.38. The predicted octanol–water partition coefficient (Wildman–Crippen LogP) is 3.33. The van der Waals surface area contributed by atoms with E-state index >= 15 is 0 Å². The predicted molar refractivity (Wildman–Crippen MR) is 135 cm³/mol. The molecule has 2 aromatic rings. The number of rotatable bonds is 5. The van der Waals surface area contributed by atoms with Crippen molar-refractivity contribution in [2.24, 2.45) is 5.73 Å². The number of carbonyl (C=O) groups is 2. The van der Waals surface area contributed by atoms with Gasteiger partial charge < -0.3 is 10.6 Å². The van der Waals surface area contributed by atoms with Crippen molar-refractivity contribution in [3.63, 3.8) is 0 Å². The lowest BCUT2D eigenvalue weighted by molar-refractivity contribution is -0.148. The molecule has 1 saturated heterocycles. The van der Waals surface area contributed by atoms with E-state index in [2.05, 4.69) is 15.9 Å². The molecule has 8 nitrogen and oxygen atoms in total. The molecule has 12 heteroatoms. The summed E-state index contributed by atoms with van der Waals surface area (Å²) in [6, 6.07) is 9.38. The van der Waals surface area contributed by atoms with E-state index in [4.69, 9.17) is 28.9 Å². The molecule has 2 unspecified atom stereocenters. The van der Waals surface area contributed by atoms with E-state index in [0.717, 1.165) is 27.2 Å². The highest BCUT2D eigenvalue weighted by Gasteiger charge is 2.51. The summed E-state index contributed by atoms with van der Waals surface area (Å²) in [5, 5.41) is 0.241. The second-order valence-corrected chi connectivity index (χ2v) is 12.3. The van der Waals surface area contributed by atoms with E-state index in [1.54, 1.807) is 4.90 Å². The molecule has 2 heterocycles. The van der Waals surface area contributed by atoms with Crippen LogP contribution in [0.2, 0.25) is 10.0 Å². The number of hydrogen-bond donors (Lipinski definition) is 1. The topological polar surface area (TPSA) is 104 Å². The first-order chi connectivity index (χ1) is 16.6. The molecule has 0 aromatic heterocycles. The summed E-state index contributed by atoms with van der Waals surface area (Å²) in [6.07, 6.45) is 3.29. The van der Waals surface area contributed by atoms with Crippen LogP contribution in [-0.4, -0.2) is 59.0 Å². The Morgan fingerprint density at radius 1 is 1.03 bits per heavy atom. The van der Waals surface area contributed by atoms with E-state index in [1.165, 1.54) is 29.3 Å². The molecule has 2 aliphatic heterocycles. The minimum absolute atomic E-state index is 0.0288. The van der Waals surface area contributed by atoms with Crippen LogP contribution in [0.3, 0.4) is 0 Å². The molecule has 184 valence electrons. The normalized spacial score (nSPS) is 22.9. The van der Waals surface area contributed by atoms with Crippen LogP contribution in [0.1, 0.15) is 18.4 Å². The van der Waals surface area contributed by atoms with Gasteiger partial charge in [0.2, 0.25) is 11.8 Å². The van der Waals surface area contributed by atoms with Crippen molar-refractivity contribution in [3.8, 4) is 0 Å². The maximum absolute atomic E-state index is 13.8. The molecule has 2 N–H and O–H groups in total. The Morgan fingerprint density at radius 3 is 2.34 bits per heavy atom. The van der Waals surface area contributed by atoms with Crippen molar-refractivity contribution < 1.29 is 18.0 Å². The Balaban J connectivity index is 1.61. The quantitative estimate of drug-likeness (QED) is 0.568. The number of halogens is 3. The fourth-order valence-corrected chi connectivity index (χ4v) is 6.84. The third-order valence-electron chi connectivity index (χ3n) is 6.27. The maximum Gasteiger partial charge on any atom is 0.267 e. The standard InChI is InChI=1S/C23H21BrCl2N4O4S/c24-14-3-1-13(2-4-14)9-19-23(32)28(16-6-7-16)12-21-29(11-18(27)22(31)30(19)21)35(33,34)20-8-5-15(25)10-17(20)26/h1-5,8,10,12,16,18-19H,6-7,9,11,27H2. The summed E-state index contributed by atoms with van der Waals surface area (Å²) in [6.45, 7) is -0.278. The first-order valence-corrected chi connectivity index (χ1v) is 13.9. The second-order valence-electron chi connectivity index (χ2n) is 8.74. The van der Waals surface area contributed by atoms with Gasteiger partial charge in [-0.25, -0.2) is 12.7 Å². The molecule has 1 saturated carbocycles. The Morgan fingerprint density at radius 2 is 1.71 bits per heavy atom.